The van der Waals surface area contributed by atoms with Crippen molar-refractivity contribution < 1.29 is 13.6 Å². The summed E-state index contributed by atoms with van der Waals surface area (Å²) in [5, 5.41) is 0. The van der Waals surface area contributed by atoms with Crippen LogP contribution in [0.15, 0.2) is 12.2 Å². The van der Waals surface area contributed by atoms with Gasteiger partial charge < -0.3 is 4.90 Å². The van der Waals surface area contributed by atoms with Crippen molar-refractivity contribution in [3.63, 3.8) is 0 Å². The van der Waals surface area contributed by atoms with E-state index in [0.717, 1.165) is 0 Å². The number of alkyl halides is 2. The minimum Gasteiger partial charge on any atom is -0.333 e. The summed E-state index contributed by atoms with van der Waals surface area (Å²) in [4.78, 5) is 12.1. The monoisotopic (exact) mass is 175 g/mol. The van der Waals surface area contributed by atoms with Crippen LogP contribution in [0.5, 0.6) is 0 Å². The Kier molecular flexibility index (Phi) is 2.45. The summed E-state index contributed by atoms with van der Waals surface area (Å²) in [6, 6.07) is 0. The number of rotatable bonds is 1. The predicted octanol–water partition coefficient (Wildman–Crippen LogP) is 1.43. The number of nitrogens with zero attached hydrogens (tertiary/aromatic N) is 1. The van der Waals surface area contributed by atoms with Crippen LogP contribution in [0.4, 0.5) is 8.78 Å². The van der Waals surface area contributed by atoms with E-state index in [4.69, 9.17) is 0 Å². The van der Waals surface area contributed by atoms with Crippen LogP contribution in [0.25, 0.3) is 0 Å². The summed E-state index contributed by atoms with van der Waals surface area (Å²) in [5.74, 6) is -4.31. The van der Waals surface area contributed by atoms with Crippen LogP contribution < -0.4 is 0 Å². The molecule has 0 unspecified atom stereocenters. The van der Waals surface area contributed by atoms with Crippen molar-refractivity contribution in [3.05, 3.63) is 12.2 Å². The van der Waals surface area contributed by atoms with Crippen molar-refractivity contribution in [2.75, 3.05) is 13.1 Å². The van der Waals surface area contributed by atoms with E-state index in [1.54, 1.807) is 6.08 Å². The Labute approximate surface area is 69.9 Å². The van der Waals surface area contributed by atoms with Crippen molar-refractivity contribution >= 4 is 5.91 Å². The first kappa shape index (κ1) is 9.16. The molecule has 0 aromatic carbocycles. The van der Waals surface area contributed by atoms with Gasteiger partial charge in [0.2, 0.25) is 0 Å². The van der Waals surface area contributed by atoms with E-state index in [-0.39, 0.29) is 0 Å². The van der Waals surface area contributed by atoms with Gasteiger partial charge in [-0.2, -0.15) is 8.78 Å². The van der Waals surface area contributed by atoms with Gasteiger partial charge in [-0.15, -0.1) is 0 Å². The Morgan fingerprint density at radius 2 is 2.17 bits per heavy atom. The molecule has 1 heterocycles. The Morgan fingerprint density at radius 3 is 2.58 bits per heavy atom. The molecule has 0 radical (unpaired) electrons. The molecule has 4 heteroatoms. The molecule has 1 aliphatic rings. The van der Waals surface area contributed by atoms with Crippen molar-refractivity contribution in [3.8, 4) is 0 Å². The highest BCUT2D eigenvalue weighted by Gasteiger charge is 2.36. The zero-order chi connectivity index (χ0) is 9.19. The second-order valence-corrected chi connectivity index (χ2v) is 2.90. The number of hydrogen-bond donors (Lipinski definition) is 0. The fourth-order valence-corrected chi connectivity index (χ4v) is 1.10. The van der Waals surface area contributed by atoms with Gasteiger partial charge in [-0.3, -0.25) is 4.79 Å². The van der Waals surface area contributed by atoms with Gasteiger partial charge in [0.05, 0.1) is 0 Å². The third kappa shape index (κ3) is 2.03. The van der Waals surface area contributed by atoms with Crippen LogP contribution in [0.2, 0.25) is 0 Å². The molecule has 0 aromatic rings. The van der Waals surface area contributed by atoms with Gasteiger partial charge in [-0.05, 0) is 6.42 Å². The van der Waals surface area contributed by atoms with Crippen LogP contribution in [0, 0.1) is 0 Å². The van der Waals surface area contributed by atoms with Gasteiger partial charge in [0.25, 0.3) is 5.91 Å². The van der Waals surface area contributed by atoms with Gasteiger partial charge in [0, 0.05) is 20.0 Å². The quantitative estimate of drug-likeness (QED) is 0.552. The summed E-state index contributed by atoms with van der Waals surface area (Å²) in [5.41, 5.74) is 0. The Hall–Kier alpha value is -0.930. The van der Waals surface area contributed by atoms with E-state index in [0.29, 0.717) is 26.4 Å². The van der Waals surface area contributed by atoms with Crippen LogP contribution in [0.3, 0.4) is 0 Å². The molecule has 0 atom stereocenters. The molecule has 1 amide bonds. The summed E-state index contributed by atoms with van der Waals surface area (Å²) in [6.07, 6.45) is 4.28. The van der Waals surface area contributed by atoms with E-state index in [9.17, 15) is 13.6 Å². The van der Waals surface area contributed by atoms with Gasteiger partial charge in [0.15, 0.2) is 0 Å². The van der Waals surface area contributed by atoms with Crippen molar-refractivity contribution in [1.82, 2.24) is 4.90 Å². The lowest BCUT2D eigenvalue weighted by molar-refractivity contribution is -0.154. The number of carbonyl (C=O) groups is 1. The first-order chi connectivity index (χ1) is 5.52. The molecular weight excluding hydrogens is 164 g/mol. The van der Waals surface area contributed by atoms with E-state index in [1.165, 1.54) is 4.90 Å². The lowest BCUT2D eigenvalue weighted by Gasteiger charge is -2.25. The highest BCUT2D eigenvalue weighted by Crippen LogP contribution is 2.17. The number of halogens is 2. The minimum absolute atomic E-state index is 0.308. The standard InChI is InChI=1S/C8H11F2NO/c1-8(9,10)7(12)11-5-3-2-4-6-11/h2-3H,4-6H2,1H3. The first-order valence-electron chi connectivity index (χ1n) is 3.84. The molecule has 1 rings (SSSR count). The Balaban J connectivity index is 2.59. The second-order valence-electron chi connectivity index (χ2n) is 2.90. The number of hydrogen-bond acceptors (Lipinski definition) is 1. The van der Waals surface area contributed by atoms with Gasteiger partial charge in [-0.25, -0.2) is 0 Å². The van der Waals surface area contributed by atoms with Crippen LogP contribution in [-0.4, -0.2) is 29.8 Å². The SMILES string of the molecule is CC(F)(F)C(=O)N1CC=CCC1. The Morgan fingerprint density at radius 1 is 1.50 bits per heavy atom. The molecule has 68 valence electrons. The zero-order valence-corrected chi connectivity index (χ0v) is 6.89. The summed E-state index contributed by atoms with van der Waals surface area (Å²) >= 11 is 0. The van der Waals surface area contributed by atoms with E-state index in [1.807, 2.05) is 6.08 Å². The number of carbonyl (C=O) groups excluding carboxylic acids is 1. The molecule has 0 fully saturated rings. The van der Waals surface area contributed by atoms with Crippen LogP contribution in [-0.2, 0) is 4.79 Å². The highest BCUT2D eigenvalue weighted by atomic mass is 19.3. The Bertz CT molecular complexity index is 208. The van der Waals surface area contributed by atoms with E-state index < -0.39 is 11.8 Å². The minimum atomic E-state index is -3.23. The van der Waals surface area contributed by atoms with E-state index >= 15 is 0 Å². The van der Waals surface area contributed by atoms with Crippen LogP contribution >= 0.6 is 0 Å². The third-order valence-corrected chi connectivity index (χ3v) is 1.72. The normalized spacial score (nSPS) is 18.1. The molecule has 0 aliphatic carbocycles. The van der Waals surface area contributed by atoms with Crippen molar-refractivity contribution in [2.24, 2.45) is 0 Å². The zero-order valence-electron chi connectivity index (χ0n) is 6.89. The van der Waals surface area contributed by atoms with Crippen molar-refractivity contribution in [2.45, 2.75) is 19.3 Å². The van der Waals surface area contributed by atoms with Crippen molar-refractivity contribution in [1.29, 1.82) is 0 Å². The molecule has 0 saturated heterocycles. The summed E-state index contributed by atoms with van der Waals surface area (Å²) in [6.45, 7) is 1.34. The molecule has 1 aliphatic heterocycles. The van der Waals surface area contributed by atoms with Gasteiger partial charge in [0.1, 0.15) is 0 Å². The smallest absolute Gasteiger partial charge is 0.322 e. The van der Waals surface area contributed by atoms with Gasteiger partial charge >= 0.3 is 5.92 Å². The average Bonchev–Trinajstić information content (AvgIpc) is 2.03. The lowest BCUT2D eigenvalue weighted by Crippen LogP contribution is -2.43. The molecule has 0 aromatic heterocycles. The fraction of sp³-hybridized carbons (Fsp3) is 0.625. The topological polar surface area (TPSA) is 20.3 Å². The second kappa shape index (κ2) is 3.21. The summed E-state index contributed by atoms with van der Waals surface area (Å²) < 4.78 is 25.0. The summed E-state index contributed by atoms with van der Waals surface area (Å²) in [7, 11) is 0. The molecule has 0 N–H and O–H groups in total. The number of amides is 1. The molecule has 0 spiro atoms. The third-order valence-electron chi connectivity index (χ3n) is 1.72. The van der Waals surface area contributed by atoms with Gasteiger partial charge in [-0.1, -0.05) is 12.2 Å². The molecule has 12 heavy (non-hydrogen) atoms. The average molecular weight is 175 g/mol. The maximum Gasteiger partial charge on any atom is 0.322 e. The molecule has 2 nitrogen and oxygen atoms in total. The fourth-order valence-electron chi connectivity index (χ4n) is 1.10. The highest BCUT2D eigenvalue weighted by molar-refractivity contribution is 5.83. The molecular formula is C8H11F2NO. The predicted molar refractivity (Wildman–Crippen MR) is 41.0 cm³/mol. The maximum atomic E-state index is 12.5. The molecule has 0 saturated carbocycles. The largest absolute Gasteiger partial charge is 0.333 e. The maximum absolute atomic E-state index is 12.5. The molecule has 0 bridgehead atoms. The van der Waals surface area contributed by atoms with Crippen LogP contribution in [0.1, 0.15) is 13.3 Å². The van der Waals surface area contributed by atoms with E-state index in [2.05, 4.69) is 0 Å². The first-order valence-corrected chi connectivity index (χ1v) is 3.84. The lowest BCUT2D eigenvalue weighted by atomic mass is 10.2.